The number of aromatic nitrogens is 3. The Morgan fingerprint density at radius 2 is 1.86 bits per heavy atom. The third-order valence-electron chi connectivity index (χ3n) is 5.03. The molecule has 0 radical (unpaired) electrons. The molecule has 0 saturated carbocycles. The molecule has 3 heterocycles. The number of aryl methyl sites for hydroxylation is 1. The van der Waals surface area contributed by atoms with Crippen LogP contribution in [0.2, 0.25) is 0 Å². The van der Waals surface area contributed by atoms with Crippen LogP contribution in [0.15, 0.2) is 61.2 Å². The number of carbonyl (C=O) groups excluding carboxylic acids is 1. The molecule has 1 fully saturated rings. The topological polar surface area (TPSA) is 74.2 Å². The van der Waals surface area contributed by atoms with Gasteiger partial charge in [0, 0.05) is 56.9 Å². The Kier molecular flexibility index (Phi) is 5.65. The number of carbonyl (C=O) groups is 1. The summed E-state index contributed by atoms with van der Waals surface area (Å²) in [4.78, 5) is 29.6. The number of amides is 1. The highest BCUT2D eigenvalue weighted by Gasteiger charge is 2.19. The summed E-state index contributed by atoms with van der Waals surface area (Å²) in [5, 5.41) is 2.88. The van der Waals surface area contributed by atoms with E-state index in [2.05, 4.69) is 61.3 Å². The van der Waals surface area contributed by atoms with Gasteiger partial charge in [-0.3, -0.25) is 9.78 Å². The molecule has 2 aromatic heterocycles. The average molecular weight is 388 g/mol. The molecule has 3 aromatic rings. The monoisotopic (exact) mass is 388 g/mol. The molecule has 1 saturated heterocycles. The van der Waals surface area contributed by atoms with Gasteiger partial charge in [0.1, 0.15) is 17.8 Å². The van der Waals surface area contributed by atoms with E-state index in [0.717, 1.165) is 37.6 Å². The molecule has 7 heteroatoms. The predicted octanol–water partition coefficient (Wildman–Crippen LogP) is 2.44. The third kappa shape index (κ3) is 4.68. The number of nitrogens with one attached hydrogen (secondary N) is 1. The fraction of sp³-hybridized carbons (Fsp3) is 0.273. The van der Waals surface area contributed by atoms with E-state index in [9.17, 15) is 4.79 Å². The van der Waals surface area contributed by atoms with Crippen LogP contribution in [0.4, 0.5) is 11.5 Å². The maximum absolute atomic E-state index is 12.5. The number of piperazine rings is 1. The van der Waals surface area contributed by atoms with E-state index >= 15 is 0 Å². The molecule has 29 heavy (non-hydrogen) atoms. The van der Waals surface area contributed by atoms with E-state index in [-0.39, 0.29) is 5.91 Å². The molecule has 0 atom stereocenters. The molecule has 4 rings (SSSR count). The van der Waals surface area contributed by atoms with E-state index in [1.54, 1.807) is 18.5 Å². The van der Waals surface area contributed by atoms with E-state index < -0.39 is 0 Å². The number of rotatable bonds is 5. The summed E-state index contributed by atoms with van der Waals surface area (Å²) in [5.41, 5.74) is 3.84. The largest absolute Gasteiger partial charge is 0.368 e. The van der Waals surface area contributed by atoms with Gasteiger partial charge in [-0.1, -0.05) is 18.2 Å². The first-order valence-electron chi connectivity index (χ1n) is 9.75. The van der Waals surface area contributed by atoms with Crippen molar-refractivity contribution in [2.24, 2.45) is 0 Å². The van der Waals surface area contributed by atoms with Gasteiger partial charge in [0.25, 0.3) is 5.91 Å². The summed E-state index contributed by atoms with van der Waals surface area (Å²) >= 11 is 0. The Morgan fingerprint density at radius 1 is 1.03 bits per heavy atom. The van der Waals surface area contributed by atoms with Crippen molar-refractivity contribution in [1.29, 1.82) is 0 Å². The first kappa shape index (κ1) is 18.9. The molecule has 1 aromatic carbocycles. The maximum atomic E-state index is 12.5. The summed E-state index contributed by atoms with van der Waals surface area (Å²) in [6.45, 7) is 6.05. The molecule has 1 N–H and O–H groups in total. The minimum absolute atomic E-state index is 0.212. The highest BCUT2D eigenvalue weighted by Crippen LogP contribution is 2.20. The molecular formula is C22H24N6O. The van der Waals surface area contributed by atoms with Crippen molar-refractivity contribution < 1.29 is 4.79 Å². The number of nitrogens with zero attached hydrogens (tertiary/aromatic N) is 5. The number of benzene rings is 1. The van der Waals surface area contributed by atoms with Crippen LogP contribution in [0.25, 0.3) is 0 Å². The maximum Gasteiger partial charge on any atom is 0.270 e. The predicted molar refractivity (Wildman–Crippen MR) is 113 cm³/mol. The van der Waals surface area contributed by atoms with Crippen LogP contribution < -0.4 is 15.1 Å². The minimum atomic E-state index is -0.212. The van der Waals surface area contributed by atoms with Gasteiger partial charge in [-0.15, -0.1) is 0 Å². The van der Waals surface area contributed by atoms with E-state index in [1.165, 1.54) is 17.6 Å². The van der Waals surface area contributed by atoms with Crippen molar-refractivity contribution in [2.75, 3.05) is 36.0 Å². The van der Waals surface area contributed by atoms with Gasteiger partial charge in [-0.25, -0.2) is 9.97 Å². The lowest BCUT2D eigenvalue weighted by Crippen LogP contribution is -2.47. The van der Waals surface area contributed by atoms with Gasteiger partial charge in [-0.2, -0.15) is 0 Å². The van der Waals surface area contributed by atoms with Crippen molar-refractivity contribution >= 4 is 17.4 Å². The molecule has 1 aliphatic rings. The van der Waals surface area contributed by atoms with Crippen LogP contribution in [-0.4, -0.2) is 47.0 Å². The number of hydrogen-bond donors (Lipinski definition) is 1. The highest BCUT2D eigenvalue weighted by molar-refractivity contribution is 5.92. The van der Waals surface area contributed by atoms with Crippen molar-refractivity contribution in [3.8, 4) is 0 Å². The number of anilines is 2. The average Bonchev–Trinajstić information content (AvgIpc) is 2.78. The second kappa shape index (κ2) is 8.68. The smallest absolute Gasteiger partial charge is 0.270 e. The summed E-state index contributed by atoms with van der Waals surface area (Å²) in [7, 11) is 0. The molecule has 1 amide bonds. The normalized spacial score (nSPS) is 14.0. The lowest BCUT2D eigenvalue weighted by Gasteiger charge is -2.36. The highest BCUT2D eigenvalue weighted by atomic mass is 16.1. The van der Waals surface area contributed by atoms with Gasteiger partial charge in [0.2, 0.25) is 0 Å². The van der Waals surface area contributed by atoms with Crippen molar-refractivity contribution in [2.45, 2.75) is 13.5 Å². The Hall–Kier alpha value is -3.48. The second-order valence-electron chi connectivity index (χ2n) is 7.12. The quantitative estimate of drug-likeness (QED) is 0.724. The molecule has 0 spiro atoms. The van der Waals surface area contributed by atoms with Gasteiger partial charge < -0.3 is 15.1 Å². The fourth-order valence-electron chi connectivity index (χ4n) is 3.44. The van der Waals surface area contributed by atoms with Gasteiger partial charge in [0.05, 0.1) is 0 Å². The molecule has 0 bridgehead atoms. The molecule has 0 aliphatic carbocycles. The lowest BCUT2D eigenvalue weighted by molar-refractivity contribution is 0.0945. The van der Waals surface area contributed by atoms with Crippen LogP contribution in [0.5, 0.6) is 0 Å². The fourth-order valence-corrected chi connectivity index (χ4v) is 3.44. The van der Waals surface area contributed by atoms with Crippen LogP contribution in [-0.2, 0) is 6.54 Å². The Labute approximate surface area is 170 Å². The number of pyridine rings is 1. The number of hydrogen-bond acceptors (Lipinski definition) is 6. The zero-order valence-electron chi connectivity index (χ0n) is 16.5. The second-order valence-corrected chi connectivity index (χ2v) is 7.12. The van der Waals surface area contributed by atoms with Crippen LogP contribution in [0.1, 0.15) is 21.6 Å². The molecule has 1 aliphatic heterocycles. The minimum Gasteiger partial charge on any atom is -0.368 e. The van der Waals surface area contributed by atoms with Crippen molar-refractivity contribution in [3.63, 3.8) is 0 Å². The lowest BCUT2D eigenvalue weighted by atomic mass is 10.2. The van der Waals surface area contributed by atoms with E-state index in [0.29, 0.717) is 12.2 Å². The van der Waals surface area contributed by atoms with Gasteiger partial charge in [0.15, 0.2) is 0 Å². The first-order chi connectivity index (χ1) is 14.2. The summed E-state index contributed by atoms with van der Waals surface area (Å²) < 4.78 is 0. The molecular weight excluding hydrogens is 364 g/mol. The van der Waals surface area contributed by atoms with Crippen LogP contribution in [0, 0.1) is 6.92 Å². The summed E-state index contributed by atoms with van der Waals surface area (Å²) in [5.74, 6) is 0.575. The SMILES string of the molecule is Cc1cccc(N2CCN(c3cc(C(=O)NCc4cccnc4)ncn3)CC2)c1. The van der Waals surface area contributed by atoms with Crippen LogP contribution in [0.3, 0.4) is 0 Å². The third-order valence-corrected chi connectivity index (χ3v) is 5.03. The zero-order valence-corrected chi connectivity index (χ0v) is 16.5. The van der Waals surface area contributed by atoms with Gasteiger partial charge in [-0.05, 0) is 36.2 Å². The Morgan fingerprint density at radius 3 is 2.62 bits per heavy atom. The standard InChI is InChI=1S/C22H24N6O/c1-17-4-2-6-19(12-17)27-8-10-28(11-9-27)21-13-20(25-16-26-21)22(29)24-15-18-5-3-7-23-14-18/h2-7,12-14,16H,8-11,15H2,1H3,(H,24,29). The first-order valence-corrected chi connectivity index (χ1v) is 9.75. The summed E-state index contributed by atoms with van der Waals surface area (Å²) in [6, 6.07) is 14.1. The van der Waals surface area contributed by atoms with E-state index in [1.807, 2.05) is 12.1 Å². The van der Waals surface area contributed by atoms with Crippen LogP contribution >= 0.6 is 0 Å². The summed E-state index contributed by atoms with van der Waals surface area (Å²) in [6.07, 6.45) is 4.90. The Bertz CT molecular complexity index is 970. The molecule has 7 nitrogen and oxygen atoms in total. The van der Waals surface area contributed by atoms with E-state index in [4.69, 9.17) is 0 Å². The zero-order chi connectivity index (χ0) is 20.1. The molecule has 148 valence electrons. The van der Waals surface area contributed by atoms with Crippen molar-refractivity contribution in [3.05, 3.63) is 78.0 Å². The Balaban J connectivity index is 1.37. The molecule has 0 unspecified atom stereocenters. The van der Waals surface area contributed by atoms with Crippen molar-refractivity contribution in [1.82, 2.24) is 20.3 Å². The van der Waals surface area contributed by atoms with Gasteiger partial charge >= 0.3 is 0 Å².